The molecule has 1 saturated heterocycles. The molecule has 6 N–H and O–H groups in total. The molecule has 0 radical (unpaired) electrons. The van der Waals surface area contributed by atoms with Crippen LogP contribution < -0.4 is 20.9 Å². The molecule has 1 aliphatic heterocycles. The Morgan fingerprint density at radius 1 is 0.682 bits per heavy atom. The van der Waals surface area contributed by atoms with Crippen molar-refractivity contribution in [2.75, 3.05) is 0 Å². The third-order valence-electron chi connectivity index (χ3n) is 8.83. The van der Waals surface area contributed by atoms with E-state index in [1.807, 2.05) is 59.5 Å². The molecule has 8 nitrogen and oxygen atoms in total. The van der Waals surface area contributed by atoms with Crippen LogP contribution in [0.25, 0.3) is 0 Å². The summed E-state index contributed by atoms with van der Waals surface area (Å²) in [5.41, 5.74) is 14.6. The van der Waals surface area contributed by atoms with Crippen molar-refractivity contribution in [1.82, 2.24) is 4.90 Å². The van der Waals surface area contributed by atoms with Gasteiger partial charge in [0.15, 0.2) is 0 Å². The van der Waals surface area contributed by atoms with Crippen LogP contribution in [0.1, 0.15) is 71.6 Å². The summed E-state index contributed by atoms with van der Waals surface area (Å²) < 4.78 is 12.1. The van der Waals surface area contributed by atoms with Crippen LogP contribution in [0.2, 0.25) is 0 Å². The third kappa shape index (κ3) is 6.51. The Bertz CT molecular complexity index is 1610. The standard InChI is InChI=1S/C36H39N3O5/c37-21-23-5-10-30(11-6-23)43-32-17-26(15-28(40)19-32)35-14-9-25-3-1-2-4-34(25)39(35)36(42)27-16-29(41)20-33(18-27)44-31-12-7-24(22-38)8-13-31/h5-8,10-13,15-20,25,34-35,40-41H,1-4,9,14,21-22,37-38H2. The number of phenols is 2. The van der Waals surface area contributed by atoms with E-state index in [1.165, 1.54) is 12.1 Å². The van der Waals surface area contributed by atoms with Crippen LogP contribution >= 0.6 is 0 Å². The van der Waals surface area contributed by atoms with E-state index in [0.717, 1.165) is 55.2 Å². The van der Waals surface area contributed by atoms with Crippen molar-refractivity contribution in [3.8, 4) is 34.5 Å². The molecule has 4 aromatic carbocycles. The summed E-state index contributed by atoms with van der Waals surface area (Å²) in [5, 5.41) is 21.4. The molecule has 6 rings (SSSR count). The van der Waals surface area contributed by atoms with Crippen molar-refractivity contribution in [3.63, 3.8) is 0 Å². The van der Waals surface area contributed by atoms with Crippen molar-refractivity contribution in [2.45, 2.75) is 63.7 Å². The SMILES string of the molecule is NCc1ccc(Oc2cc(O)cc(C(=O)N3C(c4cc(O)cc(Oc5ccc(CN)cc5)c4)CCC4CCCCC43)c2)cc1. The Labute approximate surface area is 257 Å². The maximum absolute atomic E-state index is 14.4. The molecular formula is C36H39N3O5. The van der Waals surface area contributed by atoms with Crippen LogP contribution in [-0.2, 0) is 13.1 Å². The van der Waals surface area contributed by atoms with Gasteiger partial charge < -0.3 is 36.1 Å². The number of rotatable bonds is 8. The van der Waals surface area contributed by atoms with E-state index in [0.29, 0.717) is 47.6 Å². The number of aromatic hydroxyl groups is 2. The van der Waals surface area contributed by atoms with E-state index in [1.54, 1.807) is 18.2 Å². The maximum atomic E-state index is 14.4. The number of carbonyl (C=O) groups is 1. The highest BCUT2D eigenvalue weighted by atomic mass is 16.5. The van der Waals surface area contributed by atoms with Crippen molar-refractivity contribution >= 4 is 5.91 Å². The minimum atomic E-state index is -0.272. The van der Waals surface area contributed by atoms with Crippen LogP contribution in [0.4, 0.5) is 0 Å². The zero-order valence-corrected chi connectivity index (χ0v) is 24.7. The largest absolute Gasteiger partial charge is 0.508 e. The first-order valence-corrected chi connectivity index (χ1v) is 15.3. The van der Waals surface area contributed by atoms with Gasteiger partial charge in [-0.15, -0.1) is 0 Å². The lowest BCUT2D eigenvalue weighted by atomic mass is 9.75. The quantitative estimate of drug-likeness (QED) is 0.171. The second kappa shape index (κ2) is 13.0. The molecule has 1 aliphatic carbocycles. The van der Waals surface area contributed by atoms with Gasteiger partial charge in [-0.3, -0.25) is 4.79 Å². The Balaban J connectivity index is 1.32. The number of fused-ring (bicyclic) bond motifs is 1. The molecular weight excluding hydrogens is 554 g/mol. The number of carbonyl (C=O) groups excluding carboxylic acids is 1. The number of benzene rings is 4. The van der Waals surface area contributed by atoms with Gasteiger partial charge in [0.05, 0.1) is 6.04 Å². The molecule has 228 valence electrons. The first-order valence-electron chi connectivity index (χ1n) is 15.3. The first kappa shape index (κ1) is 29.5. The Kier molecular flexibility index (Phi) is 8.72. The minimum Gasteiger partial charge on any atom is -0.508 e. The fraction of sp³-hybridized carbons (Fsp3) is 0.306. The third-order valence-corrected chi connectivity index (χ3v) is 8.83. The molecule has 3 unspecified atom stereocenters. The van der Waals surface area contributed by atoms with E-state index < -0.39 is 0 Å². The summed E-state index contributed by atoms with van der Waals surface area (Å²) in [6, 6.07) is 24.6. The number of phenolic OH excluding ortho intramolecular Hbond substituents is 2. The maximum Gasteiger partial charge on any atom is 0.254 e. The number of likely N-dealkylation sites (tertiary alicyclic amines) is 1. The lowest BCUT2D eigenvalue weighted by Gasteiger charge is -2.49. The second-order valence-corrected chi connectivity index (χ2v) is 11.8. The lowest BCUT2D eigenvalue weighted by molar-refractivity contribution is 0.0140. The van der Waals surface area contributed by atoms with Gasteiger partial charge in [-0.2, -0.15) is 0 Å². The zero-order valence-electron chi connectivity index (χ0n) is 24.7. The fourth-order valence-electron chi connectivity index (χ4n) is 6.68. The number of ether oxygens (including phenoxy) is 2. The molecule has 2 aliphatic rings. The molecule has 8 heteroatoms. The van der Waals surface area contributed by atoms with Crippen molar-refractivity contribution < 1.29 is 24.5 Å². The predicted molar refractivity (Wildman–Crippen MR) is 169 cm³/mol. The number of amides is 1. The van der Waals surface area contributed by atoms with Crippen LogP contribution in [-0.4, -0.2) is 27.1 Å². The molecule has 3 atom stereocenters. The Morgan fingerprint density at radius 2 is 1.25 bits per heavy atom. The molecule has 1 heterocycles. The number of hydrogen-bond acceptors (Lipinski definition) is 7. The van der Waals surface area contributed by atoms with Gasteiger partial charge in [0.1, 0.15) is 34.5 Å². The van der Waals surface area contributed by atoms with E-state index in [-0.39, 0.29) is 29.5 Å². The highest BCUT2D eigenvalue weighted by Gasteiger charge is 2.42. The number of nitrogens with zero attached hydrogens (tertiary/aromatic N) is 1. The summed E-state index contributed by atoms with van der Waals surface area (Å²) in [6.45, 7) is 0.873. The monoisotopic (exact) mass is 593 g/mol. The normalized spacial score (nSPS) is 19.7. The molecule has 2 fully saturated rings. The highest BCUT2D eigenvalue weighted by Crippen LogP contribution is 2.46. The zero-order chi connectivity index (χ0) is 30.6. The summed E-state index contributed by atoms with van der Waals surface area (Å²) >= 11 is 0. The summed E-state index contributed by atoms with van der Waals surface area (Å²) in [7, 11) is 0. The molecule has 0 aromatic heterocycles. The van der Waals surface area contributed by atoms with Crippen molar-refractivity contribution in [2.24, 2.45) is 17.4 Å². The Morgan fingerprint density at radius 3 is 1.86 bits per heavy atom. The van der Waals surface area contributed by atoms with Crippen LogP contribution in [0.5, 0.6) is 34.5 Å². The number of nitrogens with two attached hydrogens (primary N) is 2. The molecule has 0 spiro atoms. The smallest absolute Gasteiger partial charge is 0.254 e. The molecule has 0 bridgehead atoms. The van der Waals surface area contributed by atoms with Crippen LogP contribution in [0.3, 0.4) is 0 Å². The molecule has 1 saturated carbocycles. The number of hydrogen-bond donors (Lipinski definition) is 4. The average Bonchev–Trinajstić information content (AvgIpc) is 3.04. The van der Waals surface area contributed by atoms with Gasteiger partial charge in [-0.25, -0.2) is 0 Å². The van der Waals surface area contributed by atoms with Crippen molar-refractivity contribution in [1.29, 1.82) is 0 Å². The summed E-state index contributed by atoms with van der Waals surface area (Å²) in [5.74, 6) is 2.34. The van der Waals surface area contributed by atoms with E-state index in [4.69, 9.17) is 20.9 Å². The van der Waals surface area contributed by atoms with Crippen molar-refractivity contribution in [3.05, 3.63) is 107 Å². The van der Waals surface area contributed by atoms with Gasteiger partial charge in [0, 0.05) is 36.8 Å². The second-order valence-electron chi connectivity index (χ2n) is 11.8. The Hall–Kier alpha value is -4.53. The van der Waals surface area contributed by atoms with E-state index >= 15 is 0 Å². The van der Waals surface area contributed by atoms with Gasteiger partial charge in [-0.1, -0.05) is 37.1 Å². The fourth-order valence-corrected chi connectivity index (χ4v) is 6.68. The van der Waals surface area contributed by atoms with Gasteiger partial charge >= 0.3 is 0 Å². The molecule has 44 heavy (non-hydrogen) atoms. The van der Waals surface area contributed by atoms with Gasteiger partial charge in [0.25, 0.3) is 5.91 Å². The average molecular weight is 594 g/mol. The summed E-state index contributed by atoms with van der Waals surface area (Å²) in [4.78, 5) is 16.4. The van der Waals surface area contributed by atoms with Crippen LogP contribution in [0, 0.1) is 5.92 Å². The minimum absolute atomic E-state index is 0.0492. The summed E-state index contributed by atoms with van der Waals surface area (Å²) in [6.07, 6.45) is 5.97. The molecule has 4 aromatic rings. The van der Waals surface area contributed by atoms with Gasteiger partial charge in [0.2, 0.25) is 0 Å². The van der Waals surface area contributed by atoms with E-state index in [2.05, 4.69) is 0 Å². The van der Waals surface area contributed by atoms with Crippen LogP contribution in [0.15, 0.2) is 84.9 Å². The topological polar surface area (TPSA) is 131 Å². The highest BCUT2D eigenvalue weighted by molar-refractivity contribution is 5.95. The predicted octanol–water partition coefficient (Wildman–Crippen LogP) is 7.14. The molecule has 1 amide bonds. The van der Waals surface area contributed by atoms with Gasteiger partial charge in [-0.05, 0) is 96.8 Å². The van der Waals surface area contributed by atoms with E-state index in [9.17, 15) is 15.0 Å². The first-order chi connectivity index (χ1) is 21.4. The number of piperidine rings is 1. The lowest BCUT2D eigenvalue weighted by Crippen LogP contribution is -2.51.